The van der Waals surface area contributed by atoms with E-state index in [-0.39, 0.29) is 19.4 Å². The standard InChI is InChI=1S/C14H18F3NO5S/c1-22-11(6-7-13(19)23-2)9-18-24(20,21)12-5-3-4-10(8-12)14(15,16)17/h3-5,8,11,18H,6-7,9H2,1-2H3/t11-/m0/s1. The van der Waals surface area contributed by atoms with Crippen molar-refractivity contribution in [3.8, 4) is 0 Å². The zero-order valence-corrected chi connectivity index (χ0v) is 13.9. The summed E-state index contributed by atoms with van der Waals surface area (Å²) in [5.74, 6) is -0.474. The SMILES string of the molecule is COC(=O)CC[C@@H](CNS(=O)(=O)c1cccc(C(F)(F)F)c1)OC. The Morgan fingerprint density at radius 2 is 1.96 bits per heavy atom. The molecular weight excluding hydrogens is 351 g/mol. The summed E-state index contributed by atoms with van der Waals surface area (Å²) in [5.41, 5.74) is -1.06. The van der Waals surface area contributed by atoms with Crippen molar-refractivity contribution in [1.29, 1.82) is 0 Å². The highest BCUT2D eigenvalue weighted by Gasteiger charge is 2.31. The predicted molar refractivity (Wildman–Crippen MR) is 78.7 cm³/mol. The molecule has 0 fully saturated rings. The molecule has 6 nitrogen and oxygen atoms in total. The molecule has 1 atom stereocenters. The Balaban J connectivity index is 2.77. The van der Waals surface area contributed by atoms with Crippen molar-refractivity contribution in [1.82, 2.24) is 4.72 Å². The van der Waals surface area contributed by atoms with Gasteiger partial charge in [0.25, 0.3) is 0 Å². The fourth-order valence-corrected chi connectivity index (χ4v) is 2.92. The number of esters is 1. The van der Waals surface area contributed by atoms with Crippen LogP contribution in [0.15, 0.2) is 29.2 Å². The average Bonchev–Trinajstić information content (AvgIpc) is 2.54. The lowest BCUT2D eigenvalue weighted by atomic mass is 10.2. The van der Waals surface area contributed by atoms with Crippen molar-refractivity contribution >= 4 is 16.0 Å². The average molecular weight is 369 g/mol. The van der Waals surface area contributed by atoms with Crippen LogP contribution in [0.2, 0.25) is 0 Å². The first kappa shape index (κ1) is 20.4. The summed E-state index contributed by atoms with van der Waals surface area (Å²) in [6, 6.07) is 3.42. The molecule has 136 valence electrons. The lowest BCUT2D eigenvalue weighted by Crippen LogP contribution is -2.33. The molecule has 0 spiro atoms. The fraction of sp³-hybridized carbons (Fsp3) is 0.500. The van der Waals surface area contributed by atoms with E-state index in [1.165, 1.54) is 14.2 Å². The molecule has 0 saturated heterocycles. The maximum absolute atomic E-state index is 12.7. The van der Waals surface area contributed by atoms with E-state index in [0.717, 1.165) is 18.2 Å². The molecule has 24 heavy (non-hydrogen) atoms. The quantitative estimate of drug-likeness (QED) is 0.709. The summed E-state index contributed by atoms with van der Waals surface area (Å²) in [6.45, 7) is -0.188. The normalized spacial score (nSPS) is 13.5. The van der Waals surface area contributed by atoms with Crippen LogP contribution in [-0.2, 0) is 30.5 Å². The molecule has 0 heterocycles. The number of ether oxygens (including phenoxy) is 2. The number of halogens is 3. The molecule has 1 aromatic carbocycles. The molecule has 0 aliphatic heterocycles. The monoisotopic (exact) mass is 369 g/mol. The summed E-state index contributed by atoms with van der Waals surface area (Å²) in [6.07, 6.45) is -5.03. The van der Waals surface area contributed by atoms with E-state index in [2.05, 4.69) is 9.46 Å². The molecule has 1 N–H and O–H groups in total. The number of nitrogens with one attached hydrogen (secondary N) is 1. The van der Waals surface area contributed by atoms with Gasteiger partial charge in [0.15, 0.2) is 0 Å². The molecule has 10 heteroatoms. The number of sulfonamides is 1. The Hall–Kier alpha value is -1.65. The second-order valence-corrected chi connectivity index (χ2v) is 6.62. The molecule has 0 unspecified atom stereocenters. The van der Waals surface area contributed by atoms with Gasteiger partial charge in [0.2, 0.25) is 10.0 Å². The van der Waals surface area contributed by atoms with Crippen molar-refractivity contribution in [3.05, 3.63) is 29.8 Å². The minimum Gasteiger partial charge on any atom is -0.469 e. The van der Waals surface area contributed by atoms with E-state index < -0.39 is 38.7 Å². The first-order chi connectivity index (χ1) is 11.1. The van der Waals surface area contributed by atoms with Gasteiger partial charge in [-0.15, -0.1) is 0 Å². The van der Waals surface area contributed by atoms with Crippen LogP contribution in [-0.4, -0.2) is 41.3 Å². The molecule has 0 radical (unpaired) electrons. The van der Waals surface area contributed by atoms with E-state index in [0.29, 0.717) is 6.07 Å². The zero-order chi connectivity index (χ0) is 18.4. The summed E-state index contributed by atoms with van der Waals surface area (Å²) in [5, 5.41) is 0. The Morgan fingerprint density at radius 3 is 2.50 bits per heavy atom. The fourth-order valence-electron chi connectivity index (χ4n) is 1.81. The van der Waals surface area contributed by atoms with Gasteiger partial charge in [-0.3, -0.25) is 4.79 Å². The largest absolute Gasteiger partial charge is 0.469 e. The summed E-state index contributed by atoms with van der Waals surface area (Å²) in [4.78, 5) is 10.6. The van der Waals surface area contributed by atoms with Crippen molar-refractivity contribution in [2.24, 2.45) is 0 Å². The second kappa shape index (κ2) is 8.45. The number of hydrogen-bond acceptors (Lipinski definition) is 5. The van der Waals surface area contributed by atoms with Crippen molar-refractivity contribution in [2.45, 2.75) is 30.0 Å². The van der Waals surface area contributed by atoms with Crippen LogP contribution in [0.1, 0.15) is 18.4 Å². The minimum absolute atomic E-state index is 0.0281. The highest BCUT2D eigenvalue weighted by molar-refractivity contribution is 7.89. The van der Waals surface area contributed by atoms with Gasteiger partial charge >= 0.3 is 12.1 Å². The number of methoxy groups -OCH3 is 2. The molecule has 0 amide bonds. The Labute approximate surface area is 138 Å². The summed E-state index contributed by atoms with van der Waals surface area (Å²) >= 11 is 0. The van der Waals surface area contributed by atoms with Gasteiger partial charge in [0, 0.05) is 20.1 Å². The molecule has 0 bridgehead atoms. The number of carbonyl (C=O) groups is 1. The van der Waals surface area contributed by atoms with Crippen LogP contribution in [0.5, 0.6) is 0 Å². The van der Waals surface area contributed by atoms with E-state index in [1.807, 2.05) is 0 Å². The third-order valence-electron chi connectivity index (χ3n) is 3.20. The van der Waals surface area contributed by atoms with Gasteiger partial charge in [-0.2, -0.15) is 13.2 Å². The van der Waals surface area contributed by atoms with Gasteiger partial charge in [0.05, 0.1) is 23.7 Å². The van der Waals surface area contributed by atoms with Crippen LogP contribution in [0.4, 0.5) is 13.2 Å². The second-order valence-electron chi connectivity index (χ2n) is 4.85. The van der Waals surface area contributed by atoms with Crippen LogP contribution < -0.4 is 4.72 Å². The topological polar surface area (TPSA) is 81.7 Å². The zero-order valence-electron chi connectivity index (χ0n) is 13.1. The summed E-state index contributed by atoms with van der Waals surface area (Å²) < 4.78 is 73.8. The van der Waals surface area contributed by atoms with Crippen LogP contribution in [0, 0.1) is 0 Å². The van der Waals surface area contributed by atoms with Crippen LogP contribution in [0.3, 0.4) is 0 Å². The number of rotatable bonds is 8. The smallest absolute Gasteiger partial charge is 0.416 e. The Kier molecular flexibility index (Phi) is 7.18. The number of carbonyl (C=O) groups excluding carboxylic acids is 1. The molecular formula is C14H18F3NO5S. The van der Waals surface area contributed by atoms with E-state index in [1.54, 1.807) is 0 Å². The lowest BCUT2D eigenvalue weighted by molar-refractivity contribution is -0.141. The van der Waals surface area contributed by atoms with E-state index >= 15 is 0 Å². The highest BCUT2D eigenvalue weighted by Crippen LogP contribution is 2.30. The van der Waals surface area contributed by atoms with E-state index in [9.17, 15) is 26.4 Å². The lowest BCUT2D eigenvalue weighted by Gasteiger charge is -2.16. The molecule has 0 aromatic heterocycles. The van der Waals surface area contributed by atoms with Crippen LogP contribution in [0.25, 0.3) is 0 Å². The molecule has 0 aliphatic rings. The molecule has 0 aliphatic carbocycles. The predicted octanol–water partition coefficient (Wildman–Crippen LogP) is 1.95. The minimum atomic E-state index is -4.64. The molecule has 1 aromatic rings. The number of hydrogen-bond donors (Lipinski definition) is 1. The number of alkyl halides is 3. The Bertz CT molecular complexity index is 661. The third-order valence-corrected chi connectivity index (χ3v) is 4.63. The van der Waals surface area contributed by atoms with Gasteiger partial charge in [-0.1, -0.05) is 6.07 Å². The third kappa shape index (κ3) is 6.10. The van der Waals surface area contributed by atoms with Crippen LogP contribution >= 0.6 is 0 Å². The maximum atomic E-state index is 12.7. The molecule has 1 rings (SSSR count). The van der Waals surface area contributed by atoms with Gasteiger partial charge in [0.1, 0.15) is 0 Å². The van der Waals surface area contributed by atoms with Gasteiger partial charge in [-0.25, -0.2) is 13.1 Å². The maximum Gasteiger partial charge on any atom is 0.416 e. The van der Waals surface area contributed by atoms with Crippen molar-refractivity contribution < 1.29 is 35.9 Å². The summed E-state index contributed by atoms with van der Waals surface area (Å²) in [7, 11) is -1.58. The first-order valence-electron chi connectivity index (χ1n) is 6.86. The van der Waals surface area contributed by atoms with Crippen molar-refractivity contribution in [2.75, 3.05) is 20.8 Å². The van der Waals surface area contributed by atoms with E-state index in [4.69, 9.17) is 4.74 Å². The van der Waals surface area contributed by atoms with Gasteiger partial charge in [-0.05, 0) is 24.6 Å². The Morgan fingerprint density at radius 1 is 1.29 bits per heavy atom. The number of benzene rings is 1. The first-order valence-corrected chi connectivity index (χ1v) is 8.35. The molecule has 0 saturated carbocycles. The highest BCUT2D eigenvalue weighted by atomic mass is 32.2. The van der Waals surface area contributed by atoms with Gasteiger partial charge < -0.3 is 9.47 Å². The van der Waals surface area contributed by atoms with Crippen molar-refractivity contribution in [3.63, 3.8) is 0 Å².